The van der Waals surface area contributed by atoms with Gasteiger partial charge in [-0.2, -0.15) is 5.26 Å². The minimum absolute atomic E-state index is 0.0141. The molecule has 0 N–H and O–H groups in total. The van der Waals surface area contributed by atoms with Crippen LogP contribution in [0.15, 0.2) is 12.1 Å². The van der Waals surface area contributed by atoms with Crippen molar-refractivity contribution in [3.8, 4) is 6.07 Å². The van der Waals surface area contributed by atoms with Crippen LogP contribution in [0.25, 0.3) is 0 Å². The summed E-state index contributed by atoms with van der Waals surface area (Å²) >= 11 is 0. The topological polar surface area (TPSA) is 36.3 Å². The second kappa shape index (κ2) is 4.54. The van der Waals surface area contributed by atoms with Gasteiger partial charge < -0.3 is 9.64 Å². The van der Waals surface area contributed by atoms with E-state index in [0.717, 1.165) is 12.1 Å². The van der Waals surface area contributed by atoms with Gasteiger partial charge in [-0.25, -0.2) is 8.78 Å². The highest BCUT2D eigenvalue weighted by molar-refractivity contribution is 5.54. The van der Waals surface area contributed by atoms with Gasteiger partial charge in [0, 0.05) is 6.54 Å². The van der Waals surface area contributed by atoms with Crippen LogP contribution in [0.2, 0.25) is 0 Å². The maximum Gasteiger partial charge on any atom is 0.150 e. The average Bonchev–Trinajstić information content (AvgIpc) is 2.29. The van der Waals surface area contributed by atoms with E-state index in [9.17, 15) is 8.78 Å². The number of anilines is 1. The van der Waals surface area contributed by atoms with Crippen LogP contribution >= 0.6 is 0 Å². The second-order valence-corrected chi connectivity index (χ2v) is 4.92. The smallest absolute Gasteiger partial charge is 0.150 e. The quantitative estimate of drug-likeness (QED) is 0.770. The first kappa shape index (κ1) is 12.8. The molecule has 0 amide bonds. The van der Waals surface area contributed by atoms with Crippen LogP contribution < -0.4 is 4.90 Å². The van der Waals surface area contributed by atoms with Crippen molar-refractivity contribution in [2.75, 3.05) is 24.7 Å². The van der Waals surface area contributed by atoms with Gasteiger partial charge in [0.25, 0.3) is 0 Å². The Kier molecular flexibility index (Phi) is 3.22. The van der Waals surface area contributed by atoms with Crippen molar-refractivity contribution in [3.63, 3.8) is 0 Å². The molecule has 2 rings (SSSR count). The van der Waals surface area contributed by atoms with E-state index in [2.05, 4.69) is 0 Å². The number of nitrogens with zero attached hydrogens (tertiary/aromatic N) is 2. The van der Waals surface area contributed by atoms with Gasteiger partial charge in [-0.1, -0.05) is 0 Å². The number of nitriles is 1. The zero-order chi connectivity index (χ0) is 13.3. The summed E-state index contributed by atoms with van der Waals surface area (Å²) in [6, 6.07) is 3.86. The molecule has 1 aliphatic rings. The molecule has 0 atom stereocenters. The minimum Gasteiger partial charge on any atom is -0.377 e. The fourth-order valence-corrected chi connectivity index (χ4v) is 2.16. The molecule has 3 nitrogen and oxygen atoms in total. The first-order valence-electron chi connectivity index (χ1n) is 5.70. The summed E-state index contributed by atoms with van der Waals surface area (Å²) in [5, 5.41) is 8.67. The Morgan fingerprint density at radius 3 is 2.44 bits per heavy atom. The number of hydrogen-bond acceptors (Lipinski definition) is 3. The van der Waals surface area contributed by atoms with Gasteiger partial charge in [0.05, 0.1) is 30.4 Å². The minimum atomic E-state index is -0.707. The van der Waals surface area contributed by atoms with Gasteiger partial charge in [0.2, 0.25) is 0 Å². The van der Waals surface area contributed by atoms with Crippen LogP contribution in [0.3, 0.4) is 0 Å². The van der Waals surface area contributed by atoms with E-state index < -0.39 is 17.2 Å². The standard InChI is InChI=1S/C13H14F2N2O/c1-13(2)8-18-4-3-17(13)12-10(14)5-9(7-16)6-11(12)15/h5-6H,3-4,8H2,1-2H3. The lowest BCUT2D eigenvalue weighted by atomic mass is 10.0. The van der Waals surface area contributed by atoms with E-state index in [0.29, 0.717) is 19.8 Å². The van der Waals surface area contributed by atoms with Gasteiger partial charge in [-0.3, -0.25) is 0 Å². The Morgan fingerprint density at radius 2 is 1.94 bits per heavy atom. The maximum absolute atomic E-state index is 14.0. The van der Waals surface area contributed by atoms with Crippen LogP contribution in [0.5, 0.6) is 0 Å². The number of halogens is 2. The molecule has 5 heteroatoms. The summed E-state index contributed by atoms with van der Waals surface area (Å²) in [7, 11) is 0. The van der Waals surface area contributed by atoms with Gasteiger partial charge in [-0.15, -0.1) is 0 Å². The predicted octanol–water partition coefficient (Wildman–Crippen LogP) is 2.45. The maximum atomic E-state index is 14.0. The molecule has 0 radical (unpaired) electrons. The highest BCUT2D eigenvalue weighted by atomic mass is 19.1. The molecule has 0 bridgehead atoms. The van der Waals surface area contributed by atoms with Crippen molar-refractivity contribution in [1.82, 2.24) is 0 Å². The van der Waals surface area contributed by atoms with Gasteiger partial charge in [-0.05, 0) is 26.0 Å². The van der Waals surface area contributed by atoms with Crippen molar-refractivity contribution in [2.45, 2.75) is 19.4 Å². The fourth-order valence-electron chi connectivity index (χ4n) is 2.16. The molecule has 96 valence electrons. The Balaban J connectivity index is 2.48. The van der Waals surface area contributed by atoms with E-state index in [1.54, 1.807) is 11.0 Å². The molecule has 0 aliphatic carbocycles. The summed E-state index contributed by atoms with van der Waals surface area (Å²) < 4.78 is 33.2. The van der Waals surface area contributed by atoms with E-state index in [-0.39, 0.29) is 11.3 Å². The summed E-state index contributed by atoms with van der Waals surface area (Å²) in [6.07, 6.45) is 0. The number of ether oxygens (including phenoxy) is 1. The lowest BCUT2D eigenvalue weighted by Gasteiger charge is -2.43. The third-order valence-electron chi connectivity index (χ3n) is 3.06. The number of benzene rings is 1. The number of hydrogen-bond donors (Lipinski definition) is 0. The Morgan fingerprint density at radius 1 is 1.33 bits per heavy atom. The molecule has 1 fully saturated rings. The van der Waals surface area contributed by atoms with Crippen LogP contribution in [0.4, 0.5) is 14.5 Å². The average molecular weight is 252 g/mol. The Hall–Kier alpha value is -1.67. The number of morpholine rings is 1. The molecule has 1 aromatic carbocycles. The van der Waals surface area contributed by atoms with Crippen molar-refractivity contribution in [3.05, 3.63) is 29.3 Å². The van der Waals surface area contributed by atoms with E-state index in [1.807, 2.05) is 13.8 Å². The summed E-state index contributed by atoms with van der Waals surface area (Å²) in [6.45, 7) is 4.99. The Bertz CT molecular complexity index is 485. The molecule has 0 saturated carbocycles. The highest BCUT2D eigenvalue weighted by Crippen LogP contribution is 2.32. The van der Waals surface area contributed by atoms with Gasteiger partial charge in [0.1, 0.15) is 5.69 Å². The van der Waals surface area contributed by atoms with E-state index in [4.69, 9.17) is 10.00 Å². The summed E-state index contributed by atoms with van der Waals surface area (Å²) in [5.41, 5.74) is -0.573. The van der Waals surface area contributed by atoms with E-state index in [1.165, 1.54) is 0 Å². The van der Waals surface area contributed by atoms with Crippen LogP contribution in [0, 0.1) is 23.0 Å². The van der Waals surface area contributed by atoms with Crippen LogP contribution in [-0.2, 0) is 4.74 Å². The second-order valence-electron chi connectivity index (χ2n) is 4.92. The highest BCUT2D eigenvalue weighted by Gasteiger charge is 2.34. The van der Waals surface area contributed by atoms with Crippen LogP contribution in [-0.4, -0.2) is 25.3 Å². The zero-order valence-electron chi connectivity index (χ0n) is 10.3. The SMILES string of the molecule is CC1(C)COCCN1c1c(F)cc(C#N)cc1F. The molecule has 18 heavy (non-hydrogen) atoms. The predicted molar refractivity (Wildman–Crippen MR) is 63.3 cm³/mol. The molecule has 1 aromatic rings. The molecular weight excluding hydrogens is 238 g/mol. The third-order valence-corrected chi connectivity index (χ3v) is 3.06. The molecular formula is C13H14F2N2O. The molecule has 1 aliphatic heterocycles. The molecule has 0 aromatic heterocycles. The molecule has 1 heterocycles. The Labute approximate surface area is 105 Å². The first-order valence-corrected chi connectivity index (χ1v) is 5.70. The fraction of sp³-hybridized carbons (Fsp3) is 0.462. The van der Waals surface area contributed by atoms with Crippen molar-refractivity contribution in [1.29, 1.82) is 5.26 Å². The van der Waals surface area contributed by atoms with Crippen molar-refractivity contribution < 1.29 is 13.5 Å². The number of rotatable bonds is 1. The van der Waals surface area contributed by atoms with Crippen LogP contribution in [0.1, 0.15) is 19.4 Å². The molecule has 1 saturated heterocycles. The largest absolute Gasteiger partial charge is 0.377 e. The molecule has 0 spiro atoms. The zero-order valence-corrected chi connectivity index (χ0v) is 10.3. The van der Waals surface area contributed by atoms with E-state index >= 15 is 0 Å². The van der Waals surface area contributed by atoms with Crippen molar-refractivity contribution >= 4 is 5.69 Å². The third kappa shape index (κ3) is 2.16. The summed E-state index contributed by atoms with van der Waals surface area (Å²) in [4.78, 5) is 1.66. The first-order chi connectivity index (χ1) is 8.45. The van der Waals surface area contributed by atoms with Gasteiger partial charge in [0.15, 0.2) is 11.6 Å². The van der Waals surface area contributed by atoms with Gasteiger partial charge >= 0.3 is 0 Å². The lowest BCUT2D eigenvalue weighted by Crippen LogP contribution is -2.53. The normalized spacial score (nSPS) is 18.5. The monoisotopic (exact) mass is 252 g/mol. The molecule has 0 unspecified atom stereocenters. The van der Waals surface area contributed by atoms with Crippen molar-refractivity contribution in [2.24, 2.45) is 0 Å². The summed E-state index contributed by atoms with van der Waals surface area (Å²) in [5.74, 6) is -1.41. The lowest BCUT2D eigenvalue weighted by molar-refractivity contribution is 0.0635.